The summed E-state index contributed by atoms with van der Waals surface area (Å²) in [5.41, 5.74) is 0.745. The molecule has 0 spiro atoms. The molecule has 1 saturated heterocycles. The van der Waals surface area contributed by atoms with Crippen molar-refractivity contribution in [1.29, 1.82) is 0 Å². The van der Waals surface area contributed by atoms with Gasteiger partial charge in [-0.1, -0.05) is 0 Å². The summed E-state index contributed by atoms with van der Waals surface area (Å²) in [4.78, 5) is 8.91. The Morgan fingerprint density at radius 3 is 2.86 bits per heavy atom. The Hall–Kier alpha value is -1.32. The molecule has 0 radical (unpaired) electrons. The molecule has 1 fully saturated rings. The average Bonchev–Trinajstić information content (AvgIpc) is 3.09. The Labute approximate surface area is 127 Å². The van der Waals surface area contributed by atoms with Gasteiger partial charge in [-0.3, -0.25) is 0 Å². The average molecular weight is 327 g/mol. The smallest absolute Gasteiger partial charge is 0.200 e. The molecule has 1 N–H and O–H groups in total. The van der Waals surface area contributed by atoms with E-state index in [-0.39, 0.29) is 17.5 Å². The molecule has 0 amide bonds. The van der Waals surface area contributed by atoms with Gasteiger partial charge < -0.3 is 5.32 Å². The topological polar surface area (TPSA) is 89.8 Å². The summed E-state index contributed by atoms with van der Waals surface area (Å²) in [5, 5.41) is 10.4. The van der Waals surface area contributed by atoms with Crippen molar-refractivity contribution in [2.75, 3.05) is 18.6 Å². The van der Waals surface area contributed by atoms with Crippen LogP contribution < -0.4 is 5.32 Å². The van der Waals surface area contributed by atoms with Gasteiger partial charge in [0.25, 0.3) is 0 Å². The Morgan fingerprint density at radius 1 is 1.48 bits per heavy atom. The van der Waals surface area contributed by atoms with Crippen LogP contribution in [-0.2, 0) is 16.4 Å². The quantitative estimate of drug-likeness (QED) is 0.893. The Balaban J connectivity index is 1.97. The molecule has 114 valence electrons. The minimum absolute atomic E-state index is 0.126. The van der Waals surface area contributed by atoms with Crippen LogP contribution in [-0.4, -0.2) is 46.7 Å². The minimum Gasteiger partial charge on any atom is -0.313 e. The van der Waals surface area contributed by atoms with Crippen LogP contribution in [0.5, 0.6) is 0 Å². The summed E-state index contributed by atoms with van der Waals surface area (Å²) in [7, 11) is -1.12. The molecule has 2 aromatic heterocycles. The molecule has 3 heterocycles. The lowest BCUT2D eigenvalue weighted by atomic mass is 10.3. The van der Waals surface area contributed by atoms with Crippen molar-refractivity contribution < 1.29 is 8.42 Å². The fourth-order valence-corrected chi connectivity index (χ4v) is 4.75. The highest BCUT2D eigenvalue weighted by Gasteiger charge is 2.31. The number of aromatic nitrogens is 4. The molecular formula is C12H17N5O2S2. The van der Waals surface area contributed by atoms with Crippen LogP contribution in [0, 0.1) is 6.92 Å². The zero-order valence-corrected chi connectivity index (χ0v) is 13.5. The maximum absolute atomic E-state index is 11.7. The van der Waals surface area contributed by atoms with Crippen molar-refractivity contribution in [1.82, 2.24) is 25.1 Å². The fraction of sp³-hybridized carbons (Fsp3) is 0.583. The van der Waals surface area contributed by atoms with Crippen molar-refractivity contribution in [3.8, 4) is 11.5 Å². The Morgan fingerprint density at radius 2 is 2.29 bits per heavy atom. The van der Waals surface area contributed by atoms with Gasteiger partial charge in [-0.25, -0.2) is 23.1 Å². The van der Waals surface area contributed by atoms with Gasteiger partial charge in [0, 0.05) is 5.38 Å². The molecule has 21 heavy (non-hydrogen) atoms. The third kappa shape index (κ3) is 2.99. The molecule has 1 atom stereocenters. The van der Waals surface area contributed by atoms with Crippen molar-refractivity contribution in [3.05, 3.63) is 16.2 Å². The molecule has 2 aromatic rings. The van der Waals surface area contributed by atoms with E-state index in [4.69, 9.17) is 0 Å². The van der Waals surface area contributed by atoms with E-state index < -0.39 is 9.84 Å². The predicted octanol–water partition coefficient (Wildman–Crippen LogP) is 0.789. The first-order chi connectivity index (χ1) is 9.98. The second kappa shape index (κ2) is 5.47. The van der Waals surface area contributed by atoms with Gasteiger partial charge in [0.2, 0.25) is 5.82 Å². The Kier molecular flexibility index (Phi) is 3.80. The third-order valence-corrected chi connectivity index (χ3v) is 5.96. The van der Waals surface area contributed by atoms with Gasteiger partial charge in [0.05, 0.1) is 29.1 Å². The third-order valence-electron chi connectivity index (χ3n) is 3.44. The first-order valence-electron chi connectivity index (χ1n) is 6.71. The summed E-state index contributed by atoms with van der Waals surface area (Å²) in [5.74, 6) is 1.68. The van der Waals surface area contributed by atoms with E-state index in [1.807, 2.05) is 19.4 Å². The second-order valence-corrected chi connectivity index (χ2v) is 8.43. The highest BCUT2D eigenvalue weighted by atomic mass is 32.2. The predicted molar refractivity (Wildman–Crippen MR) is 80.9 cm³/mol. The molecule has 1 aliphatic rings. The van der Waals surface area contributed by atoms with Crippen molar-refractivity contribution >= 4 is 21.2 Å². The molecule has 0 saturated carbocycles. The lowest BCUT2D eigenvalue weighted by Crippen LogP contribution is -2.19. The summed E-state index contributed by atoms with van der Waals surface area (Å²) < 4.78 is 25.1. The SMILES string of the molecule is CNCc1nc(-c2csc(C)n2)nn1[C@@H]1CCS(=O)(=O)C1. The first kappa shape index (κ1) is 14.6. The summed E-state index contributed by atoms with van der Waals surface area (Å²) in [6.45, 7) is 2.48. The van der Waals surface area contributed by atoms with E-state index in [9.17, 15) is 8.42 Å². The number of hydrogen-bond acceptors (Lipinski definition) is 7. The number of rotatable bonds is 4. The maximum Gasteiger partial charge on any atom is 0.200 e. The van der Waals surface area contributed by atoms with E-state index in [1.165, 1.54) is 0 Å². The number of hydrogen-bond donors (Lipinski definition) is 1. The van der Waals surface area contributed by atoms with Crippen molar-refractivity contribution in [2.24, 2.45) is 0 Å². The van der Waals surface area contributed by atoms with E-state index in [2.05, 4.69) is 20.4 Å². The number of aryl methyl sites for hydroxylation is 1. The zero-order valence-electron chi connectivity index (χ0n) is 11.9. The highest BCUT2D eigenvalue weighted by molar-refractivity contribution is 7.91. The monoisotopic (exact) mass is 327 g/mol. The van der Waals surface area contributed by atoms with Crippen LogP contribution in [0.4, 0.5) is 0 Å². The van der Waals surface area contributed by atoms with Crippen LogP contribution in [0.2, 0.25) is 0 Å². The largest absolute Gasteiger partial charge is 0.313 e. The number of nitrogens with one attached hydrogen (secondary N) is 1. The van der Waals surface area contributed by atoms with E-state index in [0.717, 1.165) is 16.5 Å². The van der Waals surface area contributed by atoms with Gasteiger partial charge in [0.1, 0.15) is 11.5 Å². The lowest BCUT2D eigenvalue weighted by Gasteiger charge is -2.10. The molecule has 0 aromatic carbocycles. The highest BCUT2D eigenvalue weighted by Crippen LogP contribution is 2.26. The summed E-state index contributed by atoms with van der Waals surface area (Å²) in [6, 6.07) is -0.126. The standard InChI is InChI=1S/C12H17N5O2S2/c1-8-14-10(6-20-8)12-15-11(5-13-2)17(16-12)9-3-4-21(18,19)7-9/h6,9,13H,3-5,7H2,1-2H3/t9-/m1/s1. The summed E-state index contributed by atoms with van der Waals surface area (Å²) in [6.07, 6.45) is 0.595. The molecule has 7 nitrogen and oxygen atoms in total. The number of sulfone groups is 1. The molecule has 1 aliphatic heterocycles. The van der Waals surface area contributed by atoms with Gasteiger partial charge in [-0.15, -0.1) is 16.4 Å². The van der Waals surface area contributed by atoms with Gasteiger partial charge in [-0.05, 0) is 20.4 Å². The van der Waals surface area contributed by atoms with Gasteiger partial charge >= 0.3 is 0 Å². The van der Waals surface area contributed by atoms with E-state index in [1.54, 1.807) is 16.0 Å². The molecule has 9 heteroatoms. The zero-order chi connectivity index (χ0) is 15.0. The van der Waals surface area contributed by atoms with Crippen LogP contribution in [0.15, 0.2) is 5.38 Å². The first-order valence-corrected chi connectivity index (χ1v) is 9.41. The normalized spacial score (nSPS) is 21.0. The van der Waals surface area contributed by atoms with Crippen LogP contribution in [0.1, 0.15) is 23.3 Å². The second-order valence-electron chi connectivity index (χ2n) is 5.14. The number of nitrogens with zero attached hydrogens (tertiary/aromatic N) is 4. The van der Waals surface area contributed by atoms with Gasteiger partial charge in [0.15, 0.2) is 9.84 Å². The van der Waals surface area contributed by atoms with Crippen LogP contribution in [0.25, 0.3) is 11.5 Å². The summed E-state index contributed by atoms with van der Waals surface area (Å²) >= 11 is 1.55. The molecular weight excluding hydrogens is 310 g/mol. The van der Waals surface area contributed by atoms with Crippen molar-refractivity contribution in [3.63, 3.8) is 0 Å². The van der Waals surface area contributed by atoms with Gasteiger partial charge in [-0.2, -0.15) is 0 Å². The molecule has 0 bridgehead atoms. The molecule has 0 aliphatic carbocycles. The van der Waals surface area contributed by atoms with Crippen LogP contribution >= 0.6 is 11.3 Å². The minimum atomic E-state index is -2.95. The maximum atomic E-state index is 11.7. The van der Waals surface area contributed by atoms with E-state index in [0.29, 0.717) is 18.8 Å². The molecule has 3 rings (SSSR count). The van der Waals surface area contributed by atoms with Crippen LogP contribution in [0.3, 0.4) is 0 Å². The van der Waals surface area contributed by atoms with E-state index >= 15 is 0 Å². The molecule has 0 unspecified atom stereocenters. The number of thiazole rings is 1. The fourth-order valence-electron chi connectivity index (χ4n) is 2.47. The van der Waals surface area contributed by atoms with Crippen molar-refractivity contribution in [2.45, 2.75) is 25.9 Å². The lowest BCUT2D eigenvalue weighted by molar-refractivity contribution is 0.471. The Bertz CT molecular complexity index is 750.